The van der Waals surface area contributed by atoms with Crippen molar-refractivity contribution in [1.82, 2.24) is 0 Å². The summed E-state index contributed by atoms with van der Waals surface area (Å²) in [4.78, 5) is 19.1. The SMILES string of the molecule is COCCOCCOCCOCCOCCOCCOCCOCCO.O=C(O)/C=C\C(=O)O. The van der Waals surface area contributed by atoms with Gasteiger partial charge in [-0.05, 0) is 0 Å². The minimum Gasteiger partial charge on any atom is -0.478 e. The van der Waals surface area contributed by atoms with Gasteiger partial charge in [-0.3, -0.25) is 0 Å². The lowest BCUT2D eigenvalue weighted by Gasteiger charge is -2.08. The molecule has 0 atom stereocenters. The Kier molecular flexibility index (Phi) is 31.8. The molecule has 0 spiro atoms. The first-order valence-electron chi connectivity index (χ1n) is 10.8. The van der Waals surface area contributed by atoms with E-state index in [1.807, 2.05) is 0 Å². The van der Waals surface area contributed by atoms with E-state index in [2.05, 4.69) is 0 Å². The van der Waals surface area contributed by atoms with Crippen molar-refractivity contribution in [2.75, 3.05) is 113 Å². The van der Waals surface area contributed by atoms with Crippen LogP contribution in [0.4, 0.5) is 0 Å². The average molecular weight is 501 g/mol. The molecule has 0 heterocycles. The van der Waals surface area contributed by atoms with Crippen molar-refractivity contribution in [2.24, 2.45) is 0 Å². The van der Waals surface area contributed by atoms with Crippen molar-refractivity contribution in [3.63, 3.8) is 0 Å². The number of aliphatic carboxylic acids is 2. The Labute approximate surface area is 200 Å². The quantitative estimate of drug-likeness (QED) is 0.108. The maximum absolute atomic E-state index is 9.55. The van der Waals surface area contributed by atoms with Crippen LogP contribution in [0.1, 0.15) is 0 Å². The van der Waals surface area contributed by atoms with E-state index in [1.165, 1.54) is 0 Å². The van der Waals surface area contributed by atoms with E-state index in [0.717, 1.165) is 0 Å². The predicted molar refractivity (Wildman–Crippen MR) is 119 cm³/mol. The van der Waals surface area contributed by atoms with Gasteiger partial charge in [0.15, 0.2) is 0 Å². The predicted octanol–water partition coefficient (Wildman–Crippen LogP) is -0.547. The molecule has 0 saturated heterocycles. The lowest BCUT2D eigenvalue weighted by atomic mass is 10.5. The van der Waals surface area contributed by atoms with E-state index in [-0.39, 0.29) is 6.61 Å². The number of carboxylic acids is 2. The summed E-state index contributed by atoms with van der Waals surface area (Å²) < 4.78 is 41.9. The molecule has 0 bridgehead atoms. The smallest absolute Gasteiger partial charge is 0.328 e. The molecule has 0 saturated carbocycles. The van der Waals surface area contributed by atoms with Crippen molar-refractivity contribution < 1.29 is 62.8 Å². The van der Waals surface area contributed by atoms with Gasteiger partial charge >= 0.3 is 11.9 Å². The lowest BCUT2D eigenvalue weighted by Crippen LogP contribution is -2.15. The van der Waals surface area contributed by atoms with Crippen LogP contribution < -0.4 is 0 Å². The fourth-order valence-electron chi connectivity index (χ4n) is 1.77. The number of ether oxygens (including phenoxy) is 8. The van der Waals surface area contributed by atoms with Gasteiger partial charge in [-0.2, -0.15) is 0 Å². The molecule has 0 aliphatic carbocycles. The largest absolute Gasteiger partial charge is 0.478 e. The third kappa shape index (κ3) is 37.6. The topological polar surface area (TPSA) is 169 Å². The minimum absolute atomic E-state index is 0.0348. The number of rotatable bonds is 25. The van der Waals surface area contributed by atoms with Gasteiger partial charge in [-0.25, -0.2) is 9.59 Å². The molecule has 0 amide bonds. The van der Waals surface area contributed by atoms with E-state index in [0.29, 0.717) is 111 Å². The zero-order valence-corrected chi connectivity index (χ0v) is 19.9. The summed E-state index contributed by atoms with van der Waals surface area (Å²) >= 11 is 0. The normalized spacial score (nSPS) is 10.9. The highest BCUT2D eigenvalue weighted by Gasteiger charge is 1.94. The number of methoxy groups -OCH3 is 1. The number of carbonyl (C=O) groups is 2. The maximum atomic E-state index is 9.55. The van der Waals surface area contributed by atoms with Crippen LogP contribution in [0.3, 0.4) is 0 Å². The Morgan fingerprint density at radius 1 is 0.500 bits per heavy atom. The molecule has 0 fully saturated rings. The third-order valence-electron chi connectivity index (χ3n) is 3.27. The molecule has 0 aromatic rings. The van der Waals surface area contributed by atoms with Crippen molar-refractivity contribution in [3.8, 4) is 0 Å². The van der Waals surface area contributed by atoms with E-state index in [4.69, 9.17) is 53.2 Å². The second kappa shape index (κ2) is 31.3. The molecular weight excluding hydrogens is 460 g/mol. The average Bonchev–Trinajstić information content (AvgIpc) is 2.81. The fourth-order valence-corrected chi connectivity index (χ4v) is 1.77. The van der Waals surface area contributed by atoms with Crippen LogP contribution in [0.15, 0.2) is 12.2 Å². The Morgan fingerprint density at radius 3 is 0.941 bits per heavy atom. The number of hydrogen-bond acceptors (Lipinski definition) is 11. The first-order chi connectivity index (χ1) is 16.5. The summed E-state index contributed by atoms with van der Waals surface area (Å²) in [6, 6.07) is 0. The first-order valence-corrected chi connectivity index (χ1v) is 10.8. The zero-order chi connectivity index (χ0) is 25.5. The molecule has 13 heteroatoms. The van der Waals surface area contributed by atoms with Gasteiger partial charge in [0.05, 0.1) is 106 Å². The Hall–Kier alpha value is -1.68. The molecule has 0 aliphatic rings. The van der Waals surface area contributed by atoms with Crippen LogP contribution in [-0.4, -0.2) is 140 Å². The van der Waals surface area contributed by atoms with Gasteiger partial charge < -0.3 is 53.2 Å². The monoisotopic (exact) mass is 500 g/mol. The molecular formula is C21H40O13. The molecule has 34 heavy (non-hydrogen) atoms. The summed E-state index contributed by atoms with van der Waals surface area (Å²) in [5.74, 6) is -2.51. The maximum Gasteiger partial charge on any atom is 0.328 e. The highest BCUT2D eigenvalue weighted by Crippen LogP contribution is 1.85. The second-order valence-electron chi connectivity index (χ2n) is 6.01. The molecule has 0 aliphatic heterocycles. The van der Waals surface area contributed by atoms with Gasteiger partial charge in [0.25, 0.3) is 0 Å². The molecule has 0 unspecified atom stereocenters. The van der Waals surface area contributed by atoms with Gasteiger partial charge in [-0.1, -0.05) is 0 Å². The van der Waals surface area contributed by atoms with E-state index in [9.17, 15) is 9.59 Å². The number of hydrogen-bond donors (Lipinski definition) is 3. The minimum atomic E-state index is -1.26. The Balaban J connectivity index is 0. The van der Waals surface area contributed by atoms with Crippen molar-refractivity contribution in [2.45, 2.75) is 0 Å². The molecule has 3 N–H and O–H groups in total. The van der Waals surface area contributed by atoms with Crippen LogP contribution in [0, 0.1) is 0 Å². The van der Waals surface area contributed by atoms with Crippen LogP contribution in [-0.2, 0) is 47.5 Å². The summed E-state index contributed by atoms with van der Waals surface area (Å²) in [6.07, 6.45) is 1.12. The zero-order valence-electron chi connectivity index (χ0n) is 19.9. The fraction of sp³-hybridized carbons (Fsp3) is 0.810. The van der Waals surface area contributed by atoms with Crippen LogP contribution in [0.2, 0.25) is 0 Å². The van der Waals surface area contributed by atoms with E-state index < -0.39 is 11.9 Å². The lowest BCUT2D eigenvalue weighted by molar-refractivity contribution is -0.134. The third-order valence-corrected chi connectivity index (χ3v) is 3.27. The molecule has 202 valence electrons. The molecule has 0 radical (unpaired) electrons. The van der Waals surface area contributed by atoms with Crippen LogP contribution in [0.25, 0.3) is 0 Å². The highest BCUT2D eigenvalue weighted by molar-refractivity contribution is 5.89. The number of aliphatic hydroxyl groups is 1. The van der Waals surface area contributed by atoms with Crippen LogP contribution in [0.5, 0.6) is 0 Å². The molecule has 0 rings (SSSR count). The van der Waals surface area contributed by atoms with Gasteiger partial charge in [0, 0.05) is 19.3 Å². The molecule has 0 aromatic carbocycles. The summed E-state index contributed by atoms with van der Waals surface area (Å²) in [5, 5.41) is 24.1. The van der Waals surface area contributed by atoms with E-state index >= 15 is 0 Å². The van der Waals surface area contributed by atoms with Crippen molar-refractivity contribution in [3.05, 3.63) is 12.2 Å². The standard InChI is InChI=1S/C17H36O9.C4H4O4/c1-19-4-5-21-8-9-23-12-13-25-16-17-26-15-14-24-11-10-22-7-6-20-3-2-18;5-3(6)1-2-4(7)8/h18H,2-17H2,1H3;1-2H,(H,5,6)(H,7,8)/b;2-1-. The summed E-state index contributed by atoms with van der Waals surface area (Å²) in [5.41, 5.74) is 0. The van der Waals surface area contributed by atoms with Gasteiger partial charge in [-0.15, -0.1) is 0 Å². The van der Waals surface area contributed by atoms with Crippen molar-refractivity contribution >= 4 is 11.9 Å². The van der Waals surface area contributed by atoms with E-state index in [1.54, 1.807) is 7.11 Å². The highest BCUT2D eigenvalue weighted by atomic mass is 16.6. The second-order valence-corrected chi connectivity index (χ2v) is 6.01. The summed E-state index contributed by atoms with van der Waals surface area (Å²) in [7, 11) is 1.64. The first kappa shape index (κ1) is 34.5. The Bertz CT molecular complexity index is 420. The van der Waals surface area contributed by atoms with Crippen LogP contribution >= 0.6 is 0 Å². The van der Waals surface area contributed by atoms with Gasteiger partial charge in [0.1, 0.15) is 0 Å². The number of aliphatic hydroxyl groups excluding tert-OH is 1. The number of carboxylic acid groups (broad SMARTS) is 2. The Morgan fingerprint density at radius 2 is 0.735 bits per heavy atom. The molecule has 0 aromatic heterocycles. The molecule has 13 nitrogen and oxygen atoms in total. The van der Waals surface area contributed by atoms with Gasteiger partial charge in [0.2, 0.25) is 0 Å². The van der Waals surface area contributed by atoms with Crippen molar-refractivity contribution in [1.29, 1.82) is 0 Å². The summed E-state index contributed by atoms with van der Waals surface area (Å²) in [6.45, 7) is 7.91.